The van der Waals surface area contributed by atoms with Gasteiger partial charge in [0, 0.05) is 12.0 Å². The van der Waals surface area contributed by atoms with Crippen molar-refractivity contribution in [2.45, 2.75) is 36.8 Å². The van der Waals surface area contributed by atoms with Crippen molar-refractivity contribution in [1.29, 1.82) is 0 Å². The lowest BCUT2D eigenvalue weighted by molar-refractivity contribution is -0.126. The molecule has 2 aromatic rings. The molecule has 5 aliphatic rings. The zero-order valence-corrected chi connectivity index (χ0v) is 18.9. The summed E-state index contributed by atoms with van der Waals surface area (Å²) in [7, 11) is 0. The van der Waals surface area contributed by atoms with E-state index in [0.29, 0.717) is 39.6 Å². The van der Waals surface area contributed by atoms with Gasteiger partial charge < -0.3 is 24.8 Å². The Hall–Kier alpha value is -3.30. The fourth-order valence-corrected chi connectivity index (χ4v) is 5.66. The SMILES string of the molecule is O=C1NCNC12CCCc1cc3c(cc12)OCCO3.O=C1NCNC12CCOc1ccccc12. The molecule has 2 spiro atoms. The van der Waals surface area contributed by atoms with E-state index in [1.54, 1.807) is 0 Å². The molecule has 2 unspecified atom stereocenters. The van der Waals surface area contributed by atoms with Crippen LogP contribution in [0.25, 0.3) is 0 Å². The van der Waals surface area contributed by atoms with E-state index < -0.39 is 11.1 Å². The summed E-state index contributed by atoms with van der Waals surface area (Å²) in [6, 6.07) is 11.7. The maximum atomic E-state index is 12.2. The molecule has 9 heteroatoms. The first-order chi connectivity index (χ1) is 16.6. The lowest BCUT2D eigenvalue weighted by Crippen LogP contribution is -2.46. The number of aryl methyl sites for hydroxylation is 1. The summed E-state index contributed by atoms with van der Waals surface area (Å²) in [6.45, 7) is 2.81. The second kappa shape index (κ2) is 8.18. The van der Waals surface area contributed by atoms with Gasteiger partial charge in [0.05, 0.1) is 19.9 Å². The average Bonchev–Trinajstić information content (AvgIpc) is 3.42. The molecule has 0 saturated carbocycles. The van der Waals surface area contributed by atoms with Crippen LogP contribution in [-0.4, -0.2) is 45.0 Å². The Morgan fingerprint density at radius 1 is 0.706 bits per heavy atom. The van der Waals surface area contributed by atoms with Crippen molar-refractivity contribution in [2.75, 3.05) is 33.2 Å². The van der Waals surface area contributed by atoms with Crippen LogP contribution in [0.15, 0.2) is 36.4 Å². The van der Waals surface area contributed by atoms with Gasteiger partial charge in [0.25, 0.3) is 0 Å². The molecule has 2 fully saturated rings. The largest absolute Gasteiger partial charge is 0.493 e. The van der Waals surface area contributed by atoms with E-state index in [2.05, 4.69) is 21.3 Å². The molecule has 0 radical (unpaired) electrons. The van der Waals surface area contributed by atoms with Gasteiger partial charge in [0.15, 0.2) is 11.5 Å². The molecule has 9 nitrogen and oxygen atoms in total. The molecule has 178 valence electrons. The minimum absolute atomic E-state index is 0.0539. The first-order valence-corrected chi connectivity index (χ1v) is 11.8. The van der Waals surface area contributed by atoms with E-state index in [9.17, 15) is 9.59 Å². The molecule has 2 amide bonds. The molecule has 0 bridgehead atoms. The molecular formula is C25H28N4O5. The van der Waals surface area contributed by atoms with E-state index in [0.717, 1.165) is 47.6 Å². The number of para-hydroxylation sites is 1. The average molecular weight is 465 g/mol. The maximum Gasteiger partial charge on any atom is 0.246 e. The normalized spacial score (nSPS) is 28.2. The zero-order valence-electron chi connectivity index (χ0n) is 18.9. The Bertz CT molecular complexity index is 1150. The smallest absolute Gasteiger partial charge is 0.246 e. The van der Waals surface area contributed by atoms with Gasteiger partial charge in [-0.05, 0) is 48.6 Å². The fraction of sp³-hybridized carbons (Fsp3) is 0.440. The van der Waals surface area contributed by atoms with Crippen molar-refractivity contribution in [3.8, 4) is 17.2 Å². The van der Waals surface area contributed by atoms with Crippen LogP contribution in [0.2, 0.25) is 0 Å². The third-order valence-electron chi connectivity index (χ3n) is 7.36. The number of nitrogens with one attached hydrogen (secondary N) is 4. The molecule has 2 atom stereocenters. The molecular weight excluding hydrogens is 436 g/mol. The highest BCUT2D eigenvalue weighted by molar-refractivity contribution is 5.91. The minimum Gasteiger partial charge on any atom is -0.493 e. The van der Waals surface area contributed by atoms with Crippen LogP contribution in [0.3, 0.4) is 0 Å². The van der Waals surface area contributed by atoms with Crippen LogP contribution in [0.1, 0.15) is 36.0 Å². The summed E-state index contributed by atoms with van der Waals surface area (Å²) in [5, 5.41) is 12.3. The Labute approximate surface area is 197 Å². The van der Waals surface area contributed by atoms with Crippen LogP contribution < -0.4 is 35.5 Å². The first-order valence-electron chi connectivity index (χ1n) is 11.8. The van der Waals surface area contributed by atoms with Gasteiger partial charge >= 0.3 is 0 Å². The molecule has 7 rings (SSSR count). The van der Waals surface area contributed by atoms with E-state index in [4.69, 9.17) is 14.2 Å². The summed E-state index contributed by atoms with van der Waals surface area (Å²) in [5.74, 6) is 2.50. The van der Waals surface area contributed by atoms with Crippen molar-refractivity contribution < 1.29 is 23.8 Å². The van der Waals surface area contributed by atoms with Gasteiger partial charge in [-0.3, -0.25) is 20.2 Å². The summed E-state index contributed by atoms with van der Waals surface area (Å²) in [6.07, 6.45) is 3.52. The van der Waals surface area contributed by atoms with Crippen LogP contribution in [0.4, 0.5) is 0 Å². The van der Waals surface area contributed by atoms with Crippen molar-refractivity contribution in [3.63, 3.8) is 0 Å². The van der Waals surface area contributed by atoms with Gasteiger partial charge in [-0.15, -0.1) is 0 Å². The van der Waals surface area contributed by atoms with Crippen molar-refractivity contribution in [1.82, 2.24) is 21.3 Å². The molecule has 34 heavy (non-hydrogen) atoms. The highest BCUT2D eigenvalue weighted by Gasteiger charge is 2.48. The zero-order chi connectivity index (χ0) is 23.2. The molecule has 2 aromatic carbocycles. The summed E-state index contributed by atoms with van der Waals surface area (Å²) >= 11 is 0. The van der Waals surface area contributed by atoms with Crippen LogP contribution in [-0.2, 0) is 27.1 Å². The van der Waals surface area contributed by atoms with Gasteiger partial charge in [-0.2, -0.15) is 0 Å². The summed E-state index contributed by atoms with van der Waals surface area (Å²) in [4.78, 5) is 24.1. The highest BCUT2D eigenvalue weighted by Crippen LogP contribution is 2.43. The van der Waals surface area contributed by atoms with Crippen LogP contribution in [0, 0.1) is 0 Å². The Balaban J connectivity index is 0.000000132. The minimum atomic E-state index is -0.566. The predicted molar refractivity (Wildman–Crippen MR) is 123 cm³/mol. The molecule has 4 aliphatic heterocycles. The molecule has 0 aromatic heterocycles. The highest BCUT2D eigenvalue weighted by atomic mass is 16.6. The molecule has 1 aliphatic carbocycles. The quantitative estimate of drug-likeness (QED) is 0.461. The second-order valence-corrected chi connectivity index (χ2v) is 9.13. The third kappa shape index (κ3) is 3.22. The molecule has 4 N–H and O–H groups in total. The topological polar surface area (TPSA) is 110 Å². The Morgan fingerprint density at radius 3 is 2.06 bits per heavy atom. The number of amides is 2. The maximum absolute atomic E-state index is 12.2. The number of rotatable bonds is 0. The van der Waals surface area contributed by atoms with Crippen molar-refractivity contribution >= 4 is 11.8 Å². The fourth-order valence-electron chi connectivity index (χ4n) is 5.66. The number of hydrogen-bond donors (Lipinski definition) is 4. The monoisotopic (exact) mass is 464 g/mol. The number of fused-ring (bicyclic) bond motifs is 5. The number of hydrogen-bond acceptors (Lipinski definition) is 7. The van der Waals surface area contributed by atoms with Crippen LogP contribution >= 0.6 is 0 Å². The van der Waals surface area contributed by atoms with E-state index >= 15 is 0 Å². The van der Waals surface area contributed by atoms with Gasteiger partial charge in [-0.1, -0.05) is 18.2 Å². The Kier molecular flexibility index (Phi) is 5.11. The van der Waals surface area contributed by atoms with Gasteiger partial charge in [-0.25, -0.2) is 0 Å². The second-order valence-electron chi connectivity index (χ2n) is 9.13. The van der Waals surface area contributed by atoms with Gasteiger partial charge in [0.2, 0.25) is 11.8 Å². The van der Waals surface area contributed by atoms with E-state index in [1.807, 2.05) is 36.4 Å². The summed E-state index contributed by atoms with van der Waals surface area (Å²) in [5.41, 5.74) is 2.07. The number of ether oxygens (including phenoxy) is 3. The van der Waals surface area contributed by atoms with Crippen molar-refractivity contribution in [3.05, 3.63) is 53.1 Å². The van der Waals surface area contributed by atoms with E-state index in [1.165, 1.54) is 5.56 Å². The van der Waals surface area contributed by atoms with E-state index in [-0.39, 0.29) is 11.8 Å². The lowest BCUT2D eigenvalue weighted by atomic mass is 9.76. The Morgan fingerprint density at radius 2 is 1.35 bits per heavy atom. The number of carbonyl (C=O) groups excluding carboxylic acids is 2. The molecule has 4 heterocycles. The number of carbonyl (C=O) groups is 2. The standard InChI is InChI=1S/C14H16N2O3.C11H12N2O2/c17-13-14(16-8-15-13)3-1-2-9-6-11-12(7-10(9)14)19-5-4-18-11;14-10-11(13-7-12-10)5-6-15-9-4-2-1-3-8(9)11/h6-7,16H,1-5,8H2,(H,15,17);1-4,13H,5-7H2,(H,12,14). The third-order valence-corrected chi connectivity index (χ3v) is 7.36. The molecule has 2 saturated heterocycles. The first kappa shape index (κ1) is 21.2. The van der Waals surface area contributed by atoms with Crippen LogP contribution in [0.5, 0.6) is 17.2 Å². The van der Waals surface area contributed by atoms with Crippen molar-refractivity contribution in [2.24, 2.45) is 0 Å². The lowest BCUT2D eigenvalue weighted by Gasteiger charge is -2.34. The summed E-state index contributed by atoms with van der Waals surface area (Å²) < 4.78 is 16.8. The van der Waals surface area contributed by atoms with Gasteiger partial charge in [0.1, 0.15) is 30.0 Å². The number of benzene rings is 2. The predicted octanol–water partition coefficient (Wildman–Crippen LogP) is 1.01.